The molecular weight excluding hydrogens is 178 g/mol. The van der Waals surface area contributed by atoms with E-state index in [4.69, 9.17) is 0 Å². The standard InChI is InChI=1S/C10H19N3O/c1-9-8-10(12(2)3)13(11-9)6-4-5-7-14/h7-9,11H,4-6H2,1-3H3. The van der Waals surface area contributed by atoms with Crippen LogP contribution in [-0.2, 0) is 4.79 Å². The molecule has 0 saturated carbocycles. The van der Waals surface area contributed by atoms with E-state index < -0.39 is 0 Å². The van der Waals surface area contributed by atoms with Crippen molar-refractivity contribution in [3.8, 4) is 0 Å². The topological polar surface area (TPSA) is 35.6 Å². The Labute approximate surface area is 85.5 Å². The molecule has 0 aromatic heterocycles. The SMILES string of the molecule is CC1C=C(N(C)C)N(CCCC=O)N1. The van der Waals surface area contributed by atoms with E-state index in [9.17, 15) is 4.79 Å². The first-order valence-corrected chi connectivity index (χ1v) is 5.01. The van der Waals surface area contributed by atoms with Gasteiger partial charge in [-0.1, -0.05) is 0 Å². The summed E-state index contributed by atoms with van der Waals surface area (Å²) in [7, 11) is 4.05. The molecule has 0 spiro atoms. The Kier molecular flexibility index (Phi) is 3.95. The van der Waals surface area contributed by atoms with Crippen molar-refractivity contribution in [3.63, 3.8) is 0 Å². The number of hydrogen-bond donors (Lipinski definition) is 1. The number of carbonyl (C=O) groups is 1. The molecule has 1 atom stereocenters. The van der Waals surface area contributed by atoms with Gasteiger partial charge in [0.15, 0.2) is 0 Å². The van der Waals surface area contributed by atoms with Gasteiger partial charge in [-0.25, -0.2) is 5.43 Å². The Hall–Kier alpha value is -1.03. The summed E-state index contributed by atoms with van der Waals surface area (Å²) in [5.74, 6) is 1.18. The highest BCUT2D eigenvalue weighted by Gasteiger charge is 2.20. The molecule has 0 saturated heterocycles. The van der Waals surface area contributed by atoms with Crippen molar-refractivity contribution in [1.82, 2.24) is 15.3 Å². The van der Waals surface area contributed by atoms with Gasteiger partial charge in [0.05, 0.1) is 0 Å². The van der Waals surface area contributed by atoms with Crippen LogP contribution in [0.5, 0.6) is 0 Å². The van der Waals surface area contributed by atoms with Crippen molar-refractivity contribution in [3.05, 3.63) is 11.9 Å². The molecule has 4 heteroatoms. The van der Waals surface area contributed by atoms with Crippen LogP contribution in [0.1, 0.15) is 19.8 Å². The molecule has 14 heavy (non-hydrogen) atoms. The van der Waals surface area contributed by atoms with E-state index >= 15 is 0 Å². The lowest BCUT2D eigenvalue weighted by Crippen LogP contribution is -2.39. The molecule has 1 heterocycles. The summed E-state index contributed by atoms with van der Waals surface area (Å²) in [4.78, 5) is 12.3. The van der Waals surface area contributed by atoms with Gasteiger partial charge in [-0.05, 0) is 19.4 Å². The molecule has 0 aromatic carbocycles. The molecule has 0 aliphatic carbocycles. The normalized spacial score (nSPS) is 20.9. The fourth-order valence-electron chi connectivity index (χ4n) is 1.57. The number of hydrogen-bond acceptors (Lipinski definition) is 4. The van der Waals surface area contributed by atoms with E-state index in [1.165, 1.54) is 5.82 Å². The lowest BCUT2D eigenvalue weighted by atomic mass is 10.3. The lowest BCUT2D eigenvalue weighted by Gasteiger charge is -2.27. The maximum absolute atomic E-state index is 10.2. The zero-order valence-corrected chi connectivity index (χ0v) is 9.16. The molecule has 0 amide bonds. The van der Waals surface area contributed by atoms with Gasteiger partial charge in [0.2, 0.25) is 0 Å². The number of carbonyl (C=O) groups excluding carboxylic acids is 1. The third-order valence-electron chi connectivity index (χ3n) is 2.20. The summed E-state index contributed by atoms with van der Waals surface area (Å²) < 4.78 is 0. The number of unbranched alkanes of at least 4 members (excludes halogenated alkanes) is 1. The minimum absolute atomic E-state index is 0.378. The zero-order chi connectivity index (χ0) is 10.6. The third-order valence-corrected chi connectivity index (χ3v) is 2.20. The molecule has 0 fully saturated rings. The molecule has 4 nitrogen and oxygen atoms in total. The first-order chi connectivity index (χ1) is 6.65. The quantitative estimate of drug-likeness (QED) is 0.516. The largest absolute Gasteiger partial charge is 0.364 e. The second kappa shape index (κ2) is 5.00. The van der Waals surface area contributed by atoms with Gasteiger partial charge in [0.25, 0.3) is 0 Å². The van der Waals surface area contributed by atoms with Gasteiger partial charge in [-0.2, -0.15) is 0 Å². The van der Waals surface area contributed by atoms with Crippen LogP contribution in [0.25, 0.3) is 0 Å². The first-order valence-electron chi connectivity index (χ1n) is 5.01. The molecule has 1 aliphatic heterocycles. The molecule has 0 aromatic rings. The van der Waals surface area contributed by atoms with Crippen LogP contribution >= 0.6 is 0 Å². The van der Waals surface area contributed by atoms with Crippen LogP contribution in [-0.4, -0.2) is 42.9 Å². The van der Waals surface area contributed by atoms with Gasteiger partial charge in [0, 0.05) is 33.1 Å². The second-order valence-corrected chi connectivity index (χ2v) is 3.80. The van der Waals surface area contributed by atoms with E-state index in [2.05, 4.69) is 28.3 Å². The number of aldehydes is 1. The van der Waals surface area contributed by atoms with E-state index in [1.807, 2.05) is 14.1 Å². The highest BCUT2D eigenvalue weighted by Crippen LogP contribution is 2.14. The van der Waals surface area contributed by atoms with Gasteiger partial charge < -0.3 is 9.69 Å². The third kappa shape index (κ3) is 2.73. The number of hydrazine groups is 1. The maximum atomic E-state index is 10.2. The molecule has 80 valence electrons. The predicted octanol–water partition coefficient (Wildman–Crippen LogP) is 0.577. The van der Waals surface area contributed by atoms with Crippen molar-refractivity contribution in [1.29, 1.82) is 0 Å². The van der Waals surface area contributed by atoms with E-state index in [0.717, 1.165) is 19.3 Å². The Bertz CT molecular complexity index is 225. The fraction of sp³-hybridized carbons (Fsp3) is 0.700. The Morgan fingerprint density at radius 3 is 2.93 bits per heavy atom. The van der Waals surface area contributed by atoms with E-state index in [-0.39, 0.29) is 0 Å². The predicted molar refractivity (Wildman–Crippen MR) is 56.4 cm³/mol. The van der Waals surface area contributed by atoms with Crippen molar-refractivity contribution in [2.24, 2.45) is 0 Å². The minimum Gasteiger partial charge on any atom is -0.364 e. The van der Waals surface area contributed by atoms with Gasteiger partial charge in [0.1, 0.15) is 12.1 Å². The van der Waals surface area contributed by atoms with Crippen LogP contribution < -0.4 is 5.43 Å². The van der Waals surface area contributed by atoms with Gasteiger partial charge in [-0.3, -0.25) is 5.01 Å². The highest BCUT2D eigenvalue weighted by atomic mass is 16.1. The number of nitrogens with zero attached hydrogens (tertiary/aromatic N) is 2. The molecular formula is C10H19N3O. The Balaban J connectivity index is 2.45. The van der Waals surface area contributed by atoms with Crippen molar-refractivity contribution < 1.29 is 4.79 Å². The summed E-state index contributed by atoms with van der Waals surface area (Å²) in [5.41, 5.74) is 3.33. The summed E-state index contributed by atoms with van der Waals surface area (Å²) in [6.45, 7) is 3.00. The monoisotopic (exact) mass is 197 g/mol. The highest BCUT2D eigenvalue weighted by molar-refractivity contribution is 5.49. The lowest BCUT2D eigenvalue weighted by molar-refractivity contribution is -0.108. The Morgan fingerprint density at radius 2 is 2.36 bits per heavy atom. The van der Waals surface area contributed by atoms with Gasteiger partial charge >= 0.3 is 0 Å². The number of rotatable bonds is 5. The molecule has 1 N–H and O–H groups in total. The molecule has 0 bridgehead atoms. The van der Waals surface area contributed by atoms with E-state index in [1.54, 1.807) is 0 Å². The van der Waals surface area contributed by atoms with Crippen LogP contribution in [0.3, 0.4) is 0 Å². The summed E-state index contributed by atoms with van der Waals surface area (Å²) in [6, 6.07) is 0.378. The number of nitrogens with one attached hydrogen (secondary N) is 1. The maximum Gasteiger partial charge on any atom is 0.120 e. The van der Waals surface area contributed by atoms with Crippen LogP contribution in [0.4, 0.5) is 0 Å². The average Bonchev–Trinajstić information content (AvgIpc) is 2.47. The summed E-state index contributed by atoms with van der Waals surface area (Å²) in [5, 5.41) is 2.11. The molecule has 1 rings (SSSR count). The van der Waals surface area contributed by atoms with Crippen molar-refractivity contribution >= 4 is 6.29 Å². The molecule has 1 aliphatic rings. The van der Waals surface area contributed by atoms with Crippen LogP contribution in [0.2, 0.25) is 0 Å². The smallest absolute Gasteiger partial charge is 0.120 e. The first kappa shape index (κ1) is 11.0. The molecule has 1 unspecified atom stereocenters. The fourth-order valence-corrected chi connectivity index (χ4v) is 1.57. The summed E-state index contributed by atoms with van der Waals surface area (Å²) >= 11 is 0. The van der Waals surface area contributed by atoms with Crippen molar-refractivity contribution in [2.75, 3.05) is 20.6 Å². The van der Waals surface area contributed by atoms with E-state index in [0.29, 0.717) is 12.5 Å². The average molecular weight is 197 g/mol. The van der Waals surface area contributed by atoms with Crippen LogP contribution in [0.15, 0.2) is 11.9 Å². The Morgan fingerprint density at radius 1 is 1.64 bits per heavy atom. The minimum atomic E-state index is 0.378. The van der Waals surface area contributed by atoms with Crippen molar-refractivity contribution in [2.45, 2.75) is 25.8 Å². The summed E-state index contributed by atoms with van der Waals surface area (Å²) in [6.07, 6.45) is 4.68. The second-order valence-electron chi connectivity index (χ2n) is 3.80. The molecule has 0 radical (unpaired) electrons. The zero-order valence-electron chi connectivity index (χ0n) is 9.16. The van der Waals surface area contributed by atoms with Gasteiger partial charge in [-0.15, -0.1) is 0 Å². The van der Waals surface area contributed by atoms with Crippen LogP contribution in [0, 0.1) is 0 Å².